The Morgan fingerprint density at radius 1 is 1.30 bits per heavy atom. The zero-order chi connectivity index (χ0) is 21.3. The molecule has 2 amide bonds. The number of aromatic nitrogens is 3. The molecule has 30 heavy (non-hydrogen) atoms. The fourth-order valence-electron chi connectivity index (χ4n) is 3.59. The normalized spacial score (nSPS) is 13.3. The Morgan fingerprint density at radius 3 is 2.93 bits per heavy atom. The Balaban J connectivity index is 1.38. The largest absolute Gasteiger partial charge is 0.492 e. The highest BCUT2D eigenvalue weighted by atomic mass is 16.5. The first kappa shape index (κ1) is 19.9. The van der Waals surface area contributed by atoms with Crippen LogP contribution in [0.1, 0.15) is 47.9 Å². The number of nitrogens with zero attached hydrogens (tertiary/aromatic N) is 3. The minimum atomic E-state index is -0.175. The number of benzene rings is 1. The summed E-state index contributed by atoms with van der Waals surface area (Å²) in [6, 6.07) is 7.55. The van der Waals surface area contributed by atoms with Gasteiger partial charge < -0.3 is 15.4 Å². The molecule has 4 rings (SSSR count). The number of hydrogen-bond donors (Lipinski definition) is 2. The predicted molar refractivity (Wildman–Crippen MR) is 114 cm³/mol. The molecule has 1 aliphatic rings. The van der Waals surface area contributed by atoms with Gasteiger partial charge in [-0.2, -0.15) is 5.10 Å². The summed E-state index contributed by atoms with van der Waals surface area (Å²) in [5.41, 5.74) is 3.95. The molecule has 1 aliphatic heterocycles. The average molecular weight is 407 g/mol. The number of carbonyl (C=O) groups is 2. The van der Waals surface area contributed by atoms with Crippen LogP contribution >= 0.6 is 0 Å². The number of anilines is 1. The molecular formula is C22H25N5O3. The monoisotopic (exact) mass is 407 g/mol. The molecule has 3 aromatic rings. The molecule has 3 heterocycles. The lowest BCUT2D eigenvalue weighted by molar-refractivity contribution is -0.116. The molecular weight excluding hydrogens is 382 g/mol. The summed E-state index contributed by atoms with van der Waals surface area (Å²) >= 11 is 0. The molecule has 8 heteroatoms. The van der Waals surface area contributed by atoms with E-state index in [1.165, 1.54) is 0 Å². The van der Waals surface area contributed by atoms with Crippen molar-refractivity contribution in [3.63, 3.8) is 0 Å². The first-order valence-corrected chi connectivity index (χ1v) is 10.1. The van der Waals surface area contributed by atoms with Crippen molar-refractivity contribution in [3.8, 4) is 5.75 Å². The lowest BCUT2D eigenvalue weighted by atomic mass is 10.0. The lowest BCUT2D eigenvalue weighted by Crippen LogP contribution is -2.28. The molecule has 156 valence electrons. The van der Waals surface area contributed by atoms with Crippen LogP contribution in [0.25, 0.3) is 11.0 Å². The highest BCUT2D eigenvalue weighted by Gasteiger charge is 2.17. The van der Waals surface area contributed by atoms with E-state index in [1.54, 1.807) is 12.3 Å². The number of carbonyl (C=O) groups excluding carboxylic acids is 2. The minimum Gasteiger partial charge on any atom is -0.492 e. The van der Waals surface area contributed by atoms with Gasteiger partial charge in [0.15, 0.2) is 5.65 Å². The van der Waals surface area contributed by atoms with Gasteiger partial charge in [-0.1, -0.05) is 0 Å². The van der Waals surface area contributed by atoms with E-state index in [1.807, 2.05) is 43.7 Å². The third-order valence-corrected chi connectivity index (χ3v) is 5.06. The predicted octanol–water partition coefficient (Wildman–Crippen LogP) is 3.01. The molecule has 0 aliphatic carbocycles. The number of fused-ring (bicyclic) bond motifs is 2. The molecule has 1 aromatic carbocycles. The molecule has 0 spiro atoms. The fraction of sp³-hybridized carbons (Fsp3) is 0.364. The number of hydrogen-bond acceptors (Lipinski definition) is 5. The van der Waals surface area contributed by atoms with Gasteiger partial charge in [-0.15, -0.1) is 0 Å². The van der Waals surface area contributed by atoms with Crippen molar-refractivity contribution in [2.75, 3.05) is 18.5 Å². The van der Waals surface area contributed by atoms with Crippen LogP contribution in [-0.2, 0) is 11.2 Å². The van der Waals surface area contributed by atoms with Crippen molar-refractivity contribution in [2.24, 2.45) is 0 Å². The van der Waals surface area contributed by atoms with Gasteiger partial charge in [0.1, 0.15) is 12.4 Å². The van der Waals surface area contributed by atoms with Crippen molar-refractivity contribution < 1.29 is 14.3 Å². The molecule has 0 saturated heterocycles. The molecule has 2 N–H and O–H groups in total. The van der Waals surface area contributed by atoms with E-state index in [-0.39, 0.29) is 17.9 Å². The Hall–Kier alpha value is -3.42. The second-order valence-electron chi connectivity index (χ2n) is 7.70. The van der Waals surface area contributed by atoms with E-state index in [9.17, 15) is 9.59 Å². The van der Waals surface area contributed by atoms with Crippen molar-refractivity contribution in [3.05, 3.63) is 47.3 Å². The summed E-state index contributed by atoms with van der Waals surface area (Å²) in [7, 11) is 0. The number of rotatable bonds is 6. The zero-order valence-corrected chi connectivity index (χ0v) is 17.4. The van der Waals surface area contributed by atoms with Crippen LogP contribution in [0.2, 0.25) is 0 Å². The maximum absolute atomic E-state index is 12.8. The van der Waals surface area contributed by atoms with E-state index in [2.05, 4.69) is 20.7 Å². The standard InChI is InChI=1S/C22H25N5O3/c1-13(2)27-21-18(12-24-27)17(10-14(3)25-21)22(29)23-8-9-30-16-5-6-19-15(11-16)4-7-20(28)26-19/h5-6,10-13H,4,7-9H2,1-3H3,(H,23,29)(H,26,28). The van der Waals surface area contributed by atoms with Crippen LogP contribution in [0, 0.1) is 6.92 Å². The Labute approximate surface area is 174 Å². The maximum atomic E-state index is 12.8. The number of ether oxygens (including phenoxy) is 1. The van der Waals surface area contributed by atoms with E-state index in [0.717, 1.165) is 28.1 Å². The van der Waals surface area contributed by atoms with Crippen molar-refractivity contribution >= 4 is 28.5 Å². The Kier molecular flexibility index (Phi) is 5.39. The second kappa shape index (κ2) is 8.14. The molecule has 8 nitrogen and oxygen atoms in total. The van der Waals surface area contributed by atoms with Gasteiger partial charge >= 0.3 is 0 Å². The third kappa shape index (κ3) is 3.98. The van der Waals surface area contributed by atoms with Crippen LogP contribution in [0.5, 0.6) is 5.75 Å². The van der Waals surface area contributed by atoms with Crippen LogP contribution < -0.4 is 15.4 Å². The molecule has 2 aromatic heterocycles. The first-order valence-electron chi connectivity index (χ1n) is 10.1. The molecule has 0 unspecified atom stereocenters. The second-order valence-corrected chi connectivity index (χ2v) is 7.70. The molecule has 0 fully saturated rings. The van der Waals surface area contributed by atoms with E-state index in [0.29, 0.717) is 37.2 Å². The topological polar surface area (TPSA) is 98.1 Å². The van der Waals surface area contributed by atoms with Crippen LogP contribution in [0.15, 0.2) is 30.5 Å². The maximum Gasteiger partial charge on any atom is 0.252 e. The van der Waals surface area contributed by atoms with E-state index in [4.69, 9.17) is 4.74 Å². The Bertz CT molecular complexity index is 1120. The third-order valence-electron chi connectivity index (χ3n) is 5.06. The highest BCUT2D eigenvalue weighted by Crippen LogP contribution is 2.26. The first-order chi connectivity index (χ1) is 14.4. The Morgan fingerprint density at radius 2 is 2.13 bits per heavy atom. The van der Waals surface area contributed by atoms with Gasteiger partial charge in [0.05, 0.1) is 23.7 Å². The van der Waals surface area contributed by atoms with Gasteiger partial charge in [-0.05, 0) is 57.0 Å². The van der Waals surface area contributed by atoms with Gasteiger partial charge in [-0.25, -0.2) is 9.67 Å². The summed E-state index contributed by atoms with van der Waals surface area (Å²) in [4.78, 5) is 28.7. The number of aryl methyl sites for hydroxylation is 2. The molecule has 0 atom stereocenters. The van der Waals surface area contributed by atoms with Crippen molar-refractivity contribution in [1.29, 1.82) is 0 Å². The molecule has 0 saturated carbocycles. The number of nitrogens with one attached hydrogen (secondary N) is 2. The molecule has 0 radical (unpaired) electrons. The highest BCUT2D eigenvalue weighted by molar-refractivity contribution is 6.05. The zero-order valence-electron chi connectivity index (χ0n) is 17.4. The van der Waals surface area contributed by atoms with E-state index >= 15 is 0 Å². The van der Waals surface area contributed by atoms with E-state index < -0.39 is 0 Å². The lowest BCUT2D eigenvalue weighted by Gasteiger charge is -2.17. The van der Waals surface area contributed by atoms with Crippen LogP contribution in [-0.4, -0.2) is 39.7 Å². The van der Waals surface area contributed by atoms with Crippen molar-refractivity contribution in [1.82, 2.24) is 20.1 Å². The fourth-order valence-corrected chi connectivity index (χ4v) is 3.59. The summed E-state index contributed by atoms with van der Waals surface area (Å²) in [6.45, 7) is 6.64. The van der Waals surface area contributed by atoms with Crippen molar-refractivity contribution in [2.45, 2.75) is 39.7 Å². The average Bonchev–Trinajstić information content (AvgIpc) is 3.14. The van der Waals surface area contributed by atoms with Gasteiger partial charge in [0, 0.05) is 23.8 Å². The van der Waals surface area contributed by atoms with Gasteiger partial charge in [0.2, 0.25) is 5.91 Å². The summed E-state index contributed by atoms with van der Waals surface area (Å²) in [5.74, 6) is 0.586. The summed E-state index contributed by atoms with van der Waals surface area (Å²) < 4.78 is 7.60. The molecule has 0 bridgehead atoms. The smallest absolute Gasteiger partial charge is 0.252 e. The SMILES string of the molecule is Cc1cc(C(=O)NCCOc2ccc3c(c2)CCC(=O)N3)c2cnn(C(C)C)c2n1. The van der Waals surface area contributed by atoms with Crippen LogP contribution in [0.3, 0.4) is 0 Å². The van der Waals surface area contributed by atoms with Gasteiger partial charge in [-0.3, -0.25) is 9.59 Å². The summed E-state index contributed by atoms with van der Waals surface area (Å²) in [6.07, 6.45) is 2.88. The summed E-state index contributed by atoms with van der Waals surface area (Å²) in [5, 5.41) is 10.9. The number of pyridine rings is 1. The minimum absolute atomic E-state index is 0.0401. The quantitative estimate of drug-likeness (QED) is 0.612. The van der Waals surface area contributed by atoms with Crippen LogP contribution in [0.4, 0.5) is 5.69 Å². The van der Waals surface area contributed by atoms with Gasteiger partial charge in [0.25, 0.3) is 5.91 Å². The number of amides is 2.